The fraction of sp³-hybridized carbons (Fsp3) is 0.219. The van der Waals surface area contributed by atoms with Gasteiger partial charge in [-0.15, -0.1) is 0 Å². The number of ether oxygens (including phenoxy) is 2. The fourth-order valence-electron chi connectivity index (χ4n) is 4.38. The number of rotatable bonds is 10. The largest absolute Gasteiger partial charge is 0.478 e. The van der Waals surface area contributed by atoms with Crippen LogP contribution in [0.15, 0.2) is 84.4 Å². The van der Waals surface area contributed by atoms with E-state index in [4.69, 9.17) is 14.6 Å². The molecular formula is C32H32N2O6. The first-order valence-electron chi connectivity index (χ1n) is 13.2. The maximum absolute atomic E-state index is 12.8. The van der Waals surface area contributed by atoms with Crippen molar-refractivity contribution in [2.75, 3.05) is 13.1 Å². The van der Waals surface area contributed by atoms with Gasteiger partial charge in [0.15, 0.2) is 0 Å². The summed E-state index contributed by atoms with van der Waals surface area (Å²) >= 11 is 0. The zero-order chi connectivity index (χ0) is 28.5. The van der Waals surface area contributed by atoms with Gasteiger partial charge in [-0.05, 0) is 53.4 Å². The Hall–Kier alpha value is -4.85. The van der Waals surface area contributed by atoms with E-state index in [9.17, 15) is 14.4 Å². The third kappa shape index (κ3) is 6.77. The summed E-state index contributed by atoms with van der Waals surface area (Å²) in [6, 6.07) is 22.7. The SMILES string of the molecule is CCCCNC(=O)Oc1ccc2ccccc2c1-c1c(OC(=O)NCCC=C(C)C(=O)O)ccc2ccccc12. The molecule has 0 bridgehead atoms. The number of unbranched alkanes of at least 4 members (excludes halogenated alkanes) is 1. The molecule has 40 heavy (non-hydrogen) atoms. The summed E-state index contributed by atoms with van der Waals surface area (Å²) in [6.07, 6.45) is 2.41. The van der Waals surface area contributed by atoms with Gasteiger partial charge >= 0.3 is 18.2 Å². The number of hydrogen-bond acceptors (Lipinski definition) is 5. The molecule has 0 aliphatic carbocycles. The smallest absolute Gasteiger partial charge is 0.412 e. The number of carbonyl (C=O) groups is 3. The summed E-state index contributed by atoms with van der Waals surface area (Å²) in [5, 5.41) is 18.0. The topological polar surface area (TPSA) is 114 Å². The minimum absolute atomic E-state index is 0.201. The molecule has 8 heteroatoms. The highest BCUT2D eigenvalue weighted by Gasteiger charge is 2.22. The Morgan fingerprint density at radius 3 is 1.75 bits per heavy atom. The maximum atomic E-state index is 12.8. The van der Waals surface area contributed by atoms with Gasteiger partial charge in [-0.1, -0.05) is 80.1 Å². The molecule has 0 heterocycles. The van der Waals surface area contributed by atoms with Gasteiger partial charge in [-0.3, -0.25) is 0 Å². The summed E-state index contributed by atoms with van der Waals surface area (Å²) in [5.41, 5.74) is 1.44. The third-order valence-corrected chi connectivity index (χ3v) is 6.44. The Labute approximate surface area is 232 Å². The molecule has 0 spiro atoms. The van der Waals surface area contributed by atoms with Gasteiger partial charge in [-0.2, -0.15) is 0 Å². The second kappa shape index (κ2) is 13.3. The van der Waals surface area contributed by atoms with Gasteiger partial charge in [0.1, 0.15) is 11.5 Å². The van der Waals surface area contributed by atoms with Crippen molar-refractivity contribution in [3.8, 4) is 22.6 Å². The van der Waals surface area contributed by atoms with Crippen molar-refractivity contribution in [3.63, 3.8) is 0 Å². The molecule has 0 fully saturated rings. The number of carbonyl (C=O) groups excluding carboxylic acids is 2. The van der Waals surface area contributed by atoms with Crippen LogP contribution < -0.4 is 20.1 Å². The van der Waals surface area contributed by atoms with Crippen LogP contribution in [0.4, 0.5) is 9.59 Å². The molecule has 4 aromatic rings. The third-order valence-electron chi connectivity index (χ3n) is 6.44. The number of fused-ring (bicyclic) bond motifs is 2. The van der Waals surface area contributed by atoms with E-state index >= 15 is 0 Å². The molecule has 3 N–H and O–H groups in total. The predicted molar refractivity (Wildman–Crippen MR) is 156 cm³/mol. The standard InChI is InChI=1S/C32H32N2O6/c1-3-4-19-33-31(37)39-26-17-15-22-11-5-7-13-24(22)28(26)29-25-14-8-6-12-23(25)16-18-27(29)40-32(38)34-20-9-10-21(2)30(35)36/h5-8,10-18H,3-4,9,19-20H2,1-2H3,(H,33,37)(H,34,38)(H,35,36). The molecule has 4 aromatic carbocycles. The summed E-state index contributed by atoms with van der Waals surface area (Å²) < 4.78 is 11.6. The van der Waals surface area contributed by atoms with Crippen LogP contribution in [0.25, 0.3) is 32.7 Å². The molecule has 2 amide bonds. The first-order valence-corrected chi connectivity index (χ1v) is 13.2. The average Bonchev–Trinajstić information content (AvgIpc) is 2.95. The quantitative estimate of drug-likeness (QED) is 0.147. The highest BCUT2D eigenvalue weighted by Crippen LogP contribution is 2.45. The number of aliphatic carboxylic acids is 1. The summed E-state index contributed by atoms with van der Waals surface area (Å²) in [6.45, 7) is 4.24. The number of carboxylic acid groups (broad SMARTS) is 1. The van der Waals surface area contributed by atoms with E-state index in [1.165, 1.54) is 13.0 Å². The highest BCUT2D eigenvalue weighted by molar-refractivity contribution is 6.10. The number of amides is 2. The van der Waals surface area contributed by atoms with Crippen LogP contribution in [-0.4, -0.2) is 36.4 Å². The molecule has 0 aliphatic heterocycles. The predicted octanol–water partition coefficient (Wildman–Crippen LogP) is 7.06. The van der Waals surface area contributed by atoms with Crippen molar-refractivity contribution >= 4 is 39.7 Å². The zero-order valence-electron chi connectivity index (χ0n) is 22.5. The van der Waals surface area contributed by atoms with Crippen molar-refractivity contribution in [1.82, 2.24) is 10.6 Å². The van der Waals surface area contributed by atoms with Gasteiger partial charge in [0.2, 0.25) is 0 Å². The van der Waals surface area contributed by atoms with Gasteiger partial charge in [0.25, 0.3) is 0 Å². The van der Waals surface area contributed by atoms with Crippen LogP contribution in [0.3, 0.4) is 0 Å². The van der Waals surface area contributed by atoms with Crippen molar-refractivity contribution in [2.24, 2.45) is 0 Å². The van der Waals surface area contributed by atoms with E-state index in [0.717, 1.165) is 34.4 Å². The van der Waals surface area contributed by atoms with Crippen molar-refractivity contribution in [2.45, 2.75) is 33.1 Å². The van der Waals surface area contributed by atoms with E-state index < -0.39 is 18.2 Å². The summed E-state index contributed by atoms with van der Waals surface area (Å²) in [5.74, 6) is -0.375. The maximum Gasteiger partial charge on any atom is 0.412 e. The number of hydrogen-bond donors (Lipinski definition) is 3. The van der Waals surface area contributed by atoms with Crippen LogP contribution in [0.5, 0.6) is 11.5 Å². The molecule has 0 radical (unpaired) electrons. The van der Waals surface area contributed by atoms with E-state index in [1.807, 2.05) is 67.6 Å². The molecule has 0 aliphatic rings. The van der Waals surface area contributed by atoms with E-state index in [-0.39, 0.29) is 12.1 Å². The second-order valence-electron chi connectivity index (χ2n) is 9.29. The van der Waals surface area contributed by atoms with E-state index in [2.05, 4.69) is 10.6 Å². The van der Waals surface area contributed by atoms with Gasteiger partial charge in [0, 0.05) is 29.8 Å². The Morgan fingerprint density at radius 1 is 0.750 bits per heavy atom. The zero-order valence-corrected chi connectivity index (χ0v) is 22.5. The van der Waals surface area contributed by atoms with Crippen LogP contribution in [0, 0.1) is 0 Å². The van der Waals surface area contributed by atoms with Crippen molar-refractivity contribution < 1.29 is 29.0 Å². The number of nitrogens with one attached hydrogen (secondary N) is 2. The van der Waals surface area contributed by atoms with Gasteiger partial charge in [-0.25, -0.2) is 14.4 Å². The summed E-state index contributed by atoms with van der Waals surface area (Å²) in [4.78, 5) is 36.5. The minimum Gasteiger partial charge on any atom is -0.478 e. The Balaban J connectivity index is 1.76. The average molecular weight is 541 g/mol. The summed E-state index contributed by atoms with van der Waals surface area (Å²) in [7, 11) is 0. The van der Waals surface area contributed by atoms with Gasteiger partial charge in [0.05, 0.1) is 0 Å². The van der Waals surface area contributed by atoms with Crippen LogP contribution in [0.2, 0.25) is 0 Å². The van der Waals surface area contributed by atoms with E-state index in [1.54, 1.807) is 12.1 Å². The lowest BCUT2D eigenvalue weighted by Gasteiger charge is -2.19. The van der Waals surface area contributed by atoms with E-state index in [0.29, 0.717) is 35.6 Å². The Bertz CT molecular complexity index is 1580. The van der Waals surface area contributed by atoms with Gasteiger partial charge < -0.3 is 25.2 Å². The molecule has 0 saturated carbocycles. The second-order valence-corrected chi connectivity index (χ2v) is 9.29. The molecule has 0 saturated heterocycles. The molecule has 0 atom stereocenters. The lowest BCUT2D eigenvalue weighted by atomic mass is 9.92. The van der Waals surface area contributed by atoms with Crippen LogP contribution in [0.1, 0.15) is 33.1 Å². The minimum atomic E-state index is -1.00. The molecule has 0 aromatic heterocycles. The van der Waals surface area contributed by atoms with Crippen molar-refractivity contribution in [1.29, 1.82) is 0 Å². The lowest BCUT2D eigenvalue weighted by molar-refractivity contribution is -0.132. The molecule has 4 rings (SSSR count). The fourth-order valence-corrected chi connectivity index (χ4v) is 4.38. The molecular weight excluding hydrogens is 508 g/mol. The molecule has 0 unspecified atom stereocenters. The highest BCUT2D eigenvalue weighted by atomic mass is 16.6. The molecule has 8 nitrogen and oxygen atoms in total. The first-order chi connectivity index (χ1) is 19.4. The number of carboxylic acids is 1. The normalized spacial score (nSPS) is 11.3. The Morgan fingerprint density at radius 2 is 1.25 bits per heavy atom. The first kappa shape index (κ1) is 28.2. The van der Waals surface area contributed by atoms with Crippen LogP contribution >= 0.6 is 0 Å². The molecule has 206 valence electrons. The Kier molecular flexibility index (Phi) is 9.35. The monoisotopic (exact) mass is 540 g/mol. The lowest BCUT2D eigenvalue weighted by Crippen LogP contribution is -2.28. The van der Waals surface area contributed by atoms with Crippen LogP contribution in [-0.2, 0) is 4.79 Å². The number of benzene rings is 4. The van der Waals surface area contributed by atoms with Crippen molar-refractivity contribution in [3.05, 3.63) is 84.4 Å².